The second-order valence-electron chi connectivity index (χ2n) is 6.35. The number of likely N-dealkylation sites (N-methyl/N-ethyl adjacent to an activating group) is 1. The van der Waals surface area contributed by atoms with Crippen molar-refractivity contribution in [3.63, 3.8) is 0 Å². The zero-order chi connectivity index (χ0) is 19.1. The number of hydrogen-bond acceptors (Lipinski definition) is 5. The maximum absolute atomic E-state index is 12.6. The number of aryl methyl sites for hydroxylation is 1. The minimum atomic E-state index is -0.554. The third kappa shape index (κ3) is 3.03. The van der Waals surface area contributed by atoms with Crippen LogP contribution < -0.4 is 20.4 Å². The van der Waals surface area contributed by atoms with Crippen LogP contribution in [0, 0.1) is 6.92 Å². The Labute approximate surface area is 154 Å². The molecular weight excluding hydrogens is 348 g/mol. The highest BCUT2D eigenvalue weighted by Crippen LogP contribution is 2.33. The van der Waals surface area contributed by atoms with Gasteiger partial charge in [0.05, 0.1) is 11.1 Å². The minimum Gasteiger partial charge on any atom is -0.482 e. The summed E-state index contributed by atoms with van der Waals surface area (Å²) < 4.78 is 11.0. The highest BCUT2D eigenvalue weighted by molar-refractivity contribution is 6.04. The molecule has 7 heteroatoms. The van der Waals surface area contributed by atoms with Crippen molar-refractivity contribution in [3.8, 4) is 5.75 Å². The number of amides is 2. The van der Waals surface area contributed by atoms with Gasteiger partial charge in [0.2, 0.25) is 0 Å². The van der Waals surface area contributed by atoms with Crippen LogP contribution in [0.3, 0.4) is 0 Å². The van der Waals surface area contributed by atoms with Crippen molar-refractivity contribution in [3.05, 3.63) is 64.0 Å². The molecule has 0 radical (unpaired) electrons. The molecule has 0 fully saturated rings. The summed E-state index contributed by atoms with van der Waals surface area (Å²) in [5.74, 6) is -0.262. The molecule has 3 aromatic rings. The summed E-state index contributed by atoms with van der Waals surface area (Å²) in [6, 6.07) is 11.3. The number of carbonyl (C=O) groups is 2. The quantitative estimate of drug-likeness (QED) is 0.755. The summed E-state index contributed by atoms with van der Waals surface area (Å²) in [7, 11) is 1.64. The molecule has 0 spiro atoms. The van der Waals surface area contributed by atoms with Crippen molar-refractivity contribution in [1.29, 1.82) is 0 Å². The van der Waals surface area contributed by atoms with Crippen molar-refractivity contribution >= 4 is 34.2 Å². The molecular formula is C20H16N2O5. The number of nitrogens with one attached hydrogen (secondary N) is 1. The van der Waals surface area contributed by atoms with Gasteiger partial charge in [0.1, 0.15) is 11.3 Å². The Morgan fingerprint density at radius 3 is 2.74 bits per heavy atom. The second-order valence-corrected chi connectivity index (χ2v) is 6.35. The van der Waals surface area contributed by atoms with Gasteiger partial charge in [-0.25, -0.2) is 0 Å². The van der Waals surface area contributed by atoms with E-state index in [2.05, 4.69) is 5.32 Å². The molecule has 136 valence electrons. The topological polar surface area (TPSA) is 88.9 Å². The summed E-state index contributed by atoms with van der Waals surface area (Å²) >= 11 is 0. The Morgan fingerprint density at radius 1 is 1.11 bits per heavy atom. The molecule has 4 rings (SSSR count). The van der Waals surface area contributed by atoms with Crippen molar-refractivity contribution in [2.24, 2.45) is 0 Å². The number of hydrogen-bond donors (Lipinski definition) is 1. The number of ether oxygens (including phenoxy) is 1. The van der Waals surface area contributed by atoms with Crippen LogP contribution in [0.1, 0.15) is 16.1 Å². The lowest BCUT2D eigenvalue weighted by Crippen LogP contribution is -2.35. The SMILES string of the molecule is Cc1ccc2c(=O)cc(C(=O)Nc3ccc4c(c3)N(C)C(=O)CO4)oc2c1. The van der Waals surface area contributed by atoms with E-state index in [9.17, 15) is 14.4 Å². The van der Waals surface area contributed by atoms with Gasteiger partial charge in [-0.1, -0.05) is 6.07 Å². The van der Waals surface area contributed by atoms with Gasteiger partial charge in [0, 0.05) is 18.8 Å². The molecule has 1 aliphatic heterocycles. The van der Waals surface area contributed by atoms with E-state index in [1.165, 1.54) is 11.0 Å². The number of benzene rings is 2. The van der Waals surface area contributed by atoms with Gasteiger partial charge < -0.3 is 19.4 Å². The second kappa shape index (κ2) is 6.28. The van der Waals surface area contributed by atoms with Crippen LogP contribution in [0.4, 0.5) is 11.4 Å². The average molecular weight is 364 g/mol. The zero-order valence-corrected chi connectivity index (χ0v) is 14.7. The van der Waals surface area contributed by atoms with Gasteiger partial charge in [0.15, 0.2) is 17.8 Å². The lowest BCUT2D eigenvalue weighted by atomic mass is 10.1. The maximum atomic E-state index is 12.6. The van der Waals surface area contributed by atoms with Crippen molar-refractivity contribution in [2.45, 2.75) is 6.92 Å². The van der Waals surface area contributed by atoms with Crippen LogP contribution in [-0.4, -0.2) is 25.5 Å². The summed E-state index contributed by atoms with van der Waals surface area (Å²) in [6.45, 7) is 1.86. The van der Waals surface area contributed by atoms with Crippen LogP contribution in [0.25, 0.3) is 11.0 Å². The number of nitrogens with zero attached hydrogens (tertiary/aromatic N) is 1. The van der Waals surface area contributed by atoms with Gasteiger partial charge in [0.25, 0.3) is 11.8 Å². The summed E-state index contributed by atoms with van der Waals surface area (Å²) in [4.78, 5) is 38.0. The van der Waals surface area contributed by atoms with E-state index in [0.29, 0.717) is 28.1 Å². The van der Waals surface area contributed by atoms with Crippen molar-refractivity contribution in [2.75, 3.05) is 23.9 Å². The Balaban J connectivity index is 1.66. The molecule has 0 aliphatic carbocycles. The molecule has 0 unspecified atom stereocenters. The lowest BCUT2D eigenvalue weighted by molar-refractivity contribution is -0.120. The fourth-order valence-corrected chi connectivity index (χ4v) is 2.92. The first-order valence-corrected chi connectivity index (χ1v) is 8.31. The van der Waals surface area contributed by atoms with E-state index in [4.69, 9.17) is 9.15 Å². The maximum Gasteiger partial charge on any atom is 0.291 e. The summed E-state index contributed by atoms with van der Waals surface area (Å²) in [5, 5.41) is 3.10. The highest BCUT2D eigenvalue weighted by Gasteiger charge is 2.23. The Kier molecular flexibility index (Phi) is 3.92. The van der Waals surface area contributed by atoms with E-state index in [1.54, 1.807) is 37.4 Å². The summed E-state index contributed by atoms with van der Waals surface area (Å²) in [6.07, 6.45) is 0. The first-order valence-electron chi connectivity index (χ1n) is 8.31. The predicted molar refractivity (Wildman–Crippen MR) is 101 cm³/mol. The van der Waals surface area contributed by atoms with E-state index >= 15 is 0 Å². The first kappa shape index (κ1) is 16.8. The van der Waals surface area contributed by atoms with E-state index < -0.39 is 5.91 Å². The van der Waals surface area contributed by atoms with Gasteiger partial charge >= 0.3 is 0 Å². The number of carbonyl (C=O) groups excluding carboxylic acids is 2. The van der Waals surface area contributed by atoms with Crippen molar-refractivity contribution in [1.82, 2.24) is 0 Å². The van der Waals surface area contributed by atoms with Crippen LogP contribution in [-0.2, 0) is 4.79 Å². The summed E-state index contributed by atoms with van der Waals surface area (Å²) in [5.41, 5.74) is 2.00. The van der Waals surface area contributed by atoms with Gasteiger partial charge in [-0.3, -0.25) is 14.4 Å². The molecule has 27 heavy (non-hydrogen) atoms. The fourth-order valence-electron chi connectivity index (χ4n) is 2.92. The third-order valence-corrected chi connectivity index (χ3v) is 4.41. The number of fused-ring (bicyclic) bond motifs is 2. The Morgan fingerprint density at radius 2 is 1.93 bits per heavy atom. The first-order chi connectivity index (χ1) is 12.9. The standard InChI is InChI=1S/C20H16N2O5/c1-11-3-5-13-15(23)9-18(27-17(13)7-11)20(25)21-12-4-6-16-14(8-12)22(2)19(24)10-26-16/h3-9H,10H2,1-2H3,(H,21,25). The molecule has 1 aromatic heterocycles. The molecule has 1 N–H and O–H groups in total. The minimum absolute atomic E-state index is 0.0170. The molecule has 2 aromatic carbocycles. The van der Waals surface area contributed by atoms with E-state index in [-0.39, 0.29) is 23.7 Å². The van der Waals surface area contributed by atoms with E-state index in [0.717, 1.165) is 5.56 Å². The van der Waals surface area contributed by atoms with Crippen LogP contribution in [0.15, 0.2) is 51.7 Å². The molecule has 1 aliphatic rings. The highest BCUT2D eigenvalue weighted by atomic mass is 16.5. The fraction of sp³-hybridized carbons (Fsp3) is 0.150. The molecule has 2 amide bonds. The largest absolute Gasteiger partial charge is 0.482 e. The lowest BCUT2D eigenvalue weighted by Gasteiger charge is -2.26. The molecule has 7 nitrogen and oxygen atoms in total. The molecule has 0 bridgehead atoms. The molecule has 0 saturated carbocycles. The van der Waals surface area contributed by atoms with Gasteiger partial charge in [-0.2, -0.15) is 0 Å². The normalized spacial score (nSPS) is 13.3. The van der Waals surface area contributed by atoms with Crippen LogP contribution >= 0.6 is 0 Å². The number of anilines is 2. The molecule has 0 atom stereocenters. The zero-order valence-electron chi connectivity index (χ0n) is 14.7. The average Bonchev–Trinajstić information content (AvgIpc) is 2.64. The smallest absolute Gasteiger partial charge is 0.291 e. The predicted octanol–water partition coefficient (Wildman–Crippen LogP) is 2.71. The van der Waals surface area contributed by atoms with Crippen LogP contribution in [0.5, 0.6) is 5.75 Å². The van der Waals surface area contributed by atoms with Crippen LogP contribution in [0.2, 0.25) is 0 Å². The van der Waals surface area contributed by atoms with E-state index in [1.807, 2.05) is 13.0 Å². The van der Waals surface area contributed by atoms with Crippen molar-refractivity contribution < 1.29 is 18.7 Å². The Hall–Kier alpha value is -3.61. The third-order valence-electron chi connectivity index (χ3n) is 4.41. The monoisotopic (exact) mass is 364 g/mol. The number of rotatable bonds is 2. The van der Waals surface area contributed by atoms with Gasteiger partial charge in [-0.05, 0) is 42.8 Å². The Bertz CT molecular complexity index is 1150. The molecule has 0 saturated heterocycles. The van der Waals surface area contributed by atoms with Gasteiger partial charge in [-0.15, -0.1) is 0 Å². The molecule has 2 heterocycles.